The molecule has 0 amide bonds. The molecule has 0 aromatic carbocycles. The summed E-state index contributed by atoms with van der Waals surface area (Å²) in [5.41, 5.74) is 0. The number of carboxylic acids is 1. The standard InChI is InChI=1S/C10H8N2O2S2.C2H4O2.Li/c13-11-7-3-1-5-9(11)15-16-10-6-2-4-8-12(10)14;1-2(3)4;/h1-8H;1H3,(H,3,4);/q;;+1/p-1. The molecule has 0 aliphatic rings. The number of nitrogens with zero attached hydrogens (tertiary/aromatic N) is 2. The zero-order valence-corrected chi connectivity index (χ0v) is 13.1. The maximum absolute atomic E-state index is 11.3. The molecule has 2 heterocycles. The van der Waals surface area contributed by atoms with Crippen LogP contribution in [0, 0.1) is 10.4 Å². The van der Waals surface area contributed by atoms with E-state index in [1.54, 1.807) is 36.4 Å². The molecule has 21 heavy (non-hydrogen) atoms. The number of hydrogen-bond acceptors (Lipinski definition) is 6. The van der Waals surface area contributed by atoms with Crippen LogP contribution < -0.4 is 33.4 Å². The third-order valence-electron chi connectivity index (χ3n) is 1.79. The van der Waals surface area contributed by atoms with Crippen LogP contribution >= 0.6 is 21.6 Å². The SMILES string of the molecule is CC(=O)[O-].[Li+].[O-][n+]1ccccc1SSc1cccc[n+]1[O-]. The van der Waals surface area contributed by atoms with Gasteiger partial charge in [0.05, 0.1) is 0 Å². The Bertz CT molecular complexity index is 537. The molecule has 6 nitrogen and oxygen atoms in total. The Kier molecular flexibility index (Phi) is 9.74. The normalized spacial score (nSPS) is 9.00. The van der Waals surface area contributed by atoms with Gasteiger partial charge in [0.15, 0.2) is 12.4 Å². The van der Waals surface area contributed by atoms with E-state index in [1.807, 2.05) is 0 Å². The van der Waals surface area contributed by atoms with Gasteiger partial charge in [0.25, 0.3) is 10.1 Å². The van der Waals surface area contributed by atoms with Crippen LogP contribution in [0.4, 0.5) is 0 Å². The van der Waals surface area contributed by atoms with Crippen LogP contribution in [0.3, 0.4) is 0 Å². The second-order valence-corrected chi connectivity index (χ2v) is 5.56. The summed E-state index contributed by atoms with van der Waals surface area (Å²) in [4.78, 5) is 8.89. The number of carboxylic acid groups (broad SMARTS) is 1. The molecule has 0 spiro atoms. The minimum atomic E-state index is -1.08. The van der Waals surface area contributed by atoms with Crippen molar-refractivity contribution >= 4 is 27.6 Å². The first-order valence-electron chi connectivity index (χ1n) is 5.39. The van der Waals surface area contributed by atoms with Gasteiger partial charge in [-0.15, -0.1) is 0 Å². The number of aliphatic carboxylic acids is 1. The summed E-state index contributed by atoms with van der Waals surface area (Å²) in [5.74, 6) is -1.08. The van der Waals surface area contributed by atoms with E-state index in [0.29, 0.717) is 10.1 Å². The predicted molar refractivity (Wildman–Crippen MR) is 73.2 cm³/mol. The van der Waals surface area contributed by atoms with Crippen molar-refractivity contribution in [3.8, 4) is 0 Å². The van der Waals surface area contributed by atoms with Crippen molar-refractivity contribution < 1.29 is 38.2 Å². The molecule has 2 aromatic heterocycles. The van der Waals surface area contributed by atoms with E-state index >= 15 is 0 Å². The Hall–Kier alpha value is -1.33. The van der Waals surface area contributed by atoms with Crippen LogP contribution in [0.1, 0.15) is 6.92 Å². The van der Waals surface area contributed by atoms with Crippen LogP contribution in [0.15, 0.2) is 58.8 Å². The molecule has 2 aromatic rings. The first-order chi connectivity index (χ1) is 9.50. The molecule has 2 rings (SSSR count). The van der Waals surface area contributed by atoms with Gasteiger partial charge in [-0.25, -0.2) is 0 Å². The van der Waals surface area contributed by atoms with E-state index in [4.69, 9.17) is 9.90 Å². The first-order valence-corrected chi connectivity index (χ1v) is 7.54. The summed E-state index contributed by atoms with van der Waals surface area (Å²) < 4.78 is 1.55. The fourth-order valence-electron chi connectivity index (χ4n) is 1.04. The minimum Gasteiger partial charge on any atom is -0.618 e. The third-order valence-corrected chi connectivity index (χ3v) is 4.12. The molecule has 106 valence electrons. The number of rotatable bonds is 3. The molecular formula is C12H11LiN2O4S2. The van der Waals surface area contributed by atoms with Crippen molar-refractivity contribution in [2.24, 2.45) is 0 Å². The number of aromatic nitrogens is 2. The number of hydrogen-bond donors (Lipinski definition) is 0. The predicted octanol–water partition coefficient (Wildman–Crippen LogP) is -2.49. The van der Waals surface area contributed by atoms with E-state index < -0.39 is 5.97 Å². The van der Waals surface area contributed by atoms with Gasteiger partial charge in [0, 0.05) is 51.8 Å². The summed E-state index contributed by atoms with van der Waals surface area (Å²) in [5, 5.41) is 32.6. The first kappa shape index (κ1) is 19.7. The number of carbonyl (C=O) groups is 1. The zero-order chi connectivity index (χ0) is 15.0. The smallest absolute Gasteiger partial charge is 0.618 e. The molecule has 0 N–H and O–H groups in total. The molecule has 0 unspecified atom stereocenters. The summed E-state index contributed by atoms with van der Waals surface area (Å²) in [7, 11) is 2.52. The Morgan fingerprint density at radius 1 is 0.952 bits per heavy atom. The maximum atomic E-state index is 11.3. The Morgan fingerprint density at radius 3 is 1.57 bits per heavy atom. The molecule has 0 aliphatic heterocycles. The molecule has 0 fully saturated rings. The van der Waals surface area contributed by atoms with Crippen molar-refractivity contribution in [2.45, 2.75) is 17.0 Å². The molecule has 0 saturated heterocycles. The summed E-state index contributed by atoms with van der Waals surface area (Å²) in [6.45, 7) is 0.972. The minimum absolute atomic E-state index is 0. The Morgan fingerprint density at radius 2 is 1.29 bits per heavy atom. The molecule has 0 bridgehead atoms. The van der Waals surface area contributed by atoms with Gasteiger partial charge < -0.3 is 20.3 Å². The van der Waals surface area contributed by atoms with Crippen LogP contribution in [-0.2, 0) is 4.79 Å². The van der Waals surface area contributed by atoms with E-state index in [-0.39, 0.29) is 18.9 Å². The van der Waals surface area contributed by atoms with Crippen molar-refractivity contribution in [1.29, 1.82) is 0 Å². The third kappa shape index (κ3) is 7.87. The van der Waals surface area contributed by atoms with Gasteiger partial charge in [0.1, 0.15) is 0 Å². The Labute approximate surface area is 141 Å². The van der Waals surface area contributed by atoms with Gasteiger partial charge in [-0.1, -0.05) is 0 Å². The maximum Gasteiger partial charge on any atom is 1.00 e. The molecule has 0 aliphatic carbocycles. The fourth-order valence-corrected chi connectivity index (χ4v) is 3.03. The summed E-state index contributed by atoms with van der Waals surface area (Å²) in [6, 6.07) is 10.3. The van der Waals surface area contributed by atoms with Crippen molar-refractivity contribution in [2.75, 3.05) is 0 Å². The van der Waals surface area contributed by atoms with Crippen molar-refractivity contribution in [1.82, 2.24) is 0 Å². The van der Waals surface area contributed by atoms with Gasteiger partial charge in [0.2, 0.25) is 0 Å². The average molecular weight is 318 g/mol. The van der Waals surface area contributed by atoms with E-state index in [2.05, 4.69) is 0 Å². The molecule has 9 heteroatoms. The number of carbonyl (C=O) groups excluding carboxylic acids is 1. The molecular weight excluding hydrogens is 307 g/mol. The fraction of sp³-hybridized carbons (Fsp3) is 0.0833. The summed E-state index contributed by atoms with van der Waals surface area (Å²) >= 11 is 0. The summed E-state index contributed by atoms with van der Waals surface area (Å²) in [6.07, 6.45) is 2.86. The van der Waals surface area contributed by atoms with E-state index in [9.17, 15) is 10.4 Å². The van der Waals surface area contributed by atoms with Crippen molar-refractivity contribution in [3.63, 3.8) is 0 Å². The molecule has 0 radical (unpaired) electrons. The van der Waals surface area contributed by atoms with Crippen LogP contribution in [0.2, 0.25) is 0 Å². The van der Waals surface area contributed by atoms with Gasteiger partial charge in [-0.05, 0) is 19.1 Å². The van der Waals surface area contributed by atoms with Crippen LogP contribution in [0.5, 0.6) is 0 Å². The van der Waals surface area contributed by atoms with Gasteiger partial charge >= 0.3 is 18.9 Å². The van der Waals surface area contributed by atoms with E-state index in [0.717, 1.165) is 16.4 Å². The zero-order valence-electron chi connectivity index (χ0n) is 11.5. The molecule has 0 atom stereocenters. The van der Waals surface area contributed by atoms with Crippen LogP contribution in [-0.4, -0.2) is 5.97 Å². The van der Waals surface area contributed by atoms with Gasteiger partial charge in [-0.3, -0.25) is 0 Å². The monoisotopic (exact) mass is 318 g/mol. The largest absolute Gasteiger partial charge is 1.00 e. The number of pyridine rings is 2. The second kappa shape index (κ2) is 10.4. The Balaban J connectivity index is 0.000000715. The average Bonchev–Trinajstić information content (AvgIpc) is 2.39. The molecule has 0 saturated carbocycles. The van der Waals surface area contributed by atoms with E-state index in [1.165, 1.54) is 34.0 Å². The topological polar surface area (TPSA) is 94.0 Å². The second-order valence-electron chi connectivity index (χ2n) is 3.39. The van der Waals surface area contributed by atoms with Gasteiger partial charge in [-0.2, -0.15) is 9.46 Å². The van der Waals surface area contributed by atoms with Crippen LogP contribution in [0.25, 0.3) is 0 Å². The van der Waals surface area contributed by atoms with Crippen molar-refractivity contribution in [3.05, 3.63) is 59.2 Å². The quantitative estimate of drug-likeness (QED) is 0.269.